The zero-order chi connectivity index (χ0) is 32.2. The second-order valence-corrected chi connectivity index (χ2v) is 19.9. The maximum absolute atomic E-state index is 13.0. The lowest BCUT2D eigenvalue weighted by Gasteiger charge is -2.57. The number of benzene rings is 1. The molecule has 0 bridgehead atoms. The van der Waals surface area contributed by atoms with Gasteiger partial charge in [-0.1, -0.05) is 59.2 Å². The first-order valence-corrected chi connectivity index (χ1v) is 18.8. The number of aliphatic hydroxyl groups is 2. The number of rotatable bonds is 12. The van der Waals surface area contributed by atoms with Gasteiger partial charge >= 0.3 is 0 Å². The standard InChI is InChI=1S/C36H56O6Si/c1-23(2)17-19-35(37)28(18-20-40-22-26-13-15-27(39-10)16-14-26)31-25(5)30(24(3)4)32-36(31,38)34(35,9)21-29(41-32)42-43(11,12)33(6,7)8/h13-16,24,29,32,37-38H,1,17-22H2,2-12H3/t29-,32-,34+,35-,36-/m1/s1. The molecule has 7 heteroatoms. The van der Waals surface area contributed by atoms with E-state index < -0.39 is 37.3 Å². The lowest BCUT2D eigenvalue weighted by Crippen LogP contribution is -2.67. The molecule has 5 atom stereocenters. The van der Waals surface area contributed by atoms with Crippen LogP contribution in [0.3, 0.4) is 0 Å². The Morgan fingerprint density at radius 2 is 1.79 bits per heavy atom. The third kappa shape index (κ3) is 5.63. The number of allylic oxidation sites excluding steroid dienone is 1. The van der Waals surface area contributed by atoms with Gasteiger partial charge in [0.2, 0.25) is 0 Å². The molecule has 1 aromatic carbocycles. The maximum Gasteiger partial charge on any atom is 0.195 e. The molecule has 1 aromatic rings. The normalized spacial score (nSPS) is 30.8. The molecule has 2 N–H and O–H groups in total. The van der Waals surface area contributed by atoms with Crippen LogP contribution in [0.25, 0.3) is 0 Å². The fourth-order valence-corrected chi connectivity index (χ4v) is 8.59. The summed E-state index contributed by atoms with van der Waals surface area (Å²) in [5.41, 5.74) is 2.37. The van der Waals surface area contributed by atoms with Crippen molar-refractivity contribution in [2.45, 2.75) is 129 Å². The maximum atomic E-state index is 13.0. The third-order valence-electron chi connectivity index (χ3n) is 11.0. The highest BCUT2D eigenvalue weighted by molar-refractivity contribution is 6.74. The molecule has 0 amide bonds. The Balaban J connectivity index is 1.75. The zero-order valence-electron chi connectivity index (χ0n) is 28.5. The predicted molar refractivity (Wildman–Crippen MR) is 175 cm³/mol. The summed E-state index contributed by atoms with van der Waals surface area (Å²) >= 11 is 0. The van der Waals surface area contributed by atoms with Crippen molar-refractivity contribution in [1.29, 1.82) is 0 Å². The van der Waals surface area contributed by atoms with Gasteiger partial charge in [-0.05, 0) is 97.1 Å². The van der Waals surface area contributed by atoms with E-state index in [1.807, 2.05) is 31.2 Å². The summed E-state index contributed by atoms with van der Waals surface area (Å²) in [4.78, 5) is 0. The minimum atomic E-state index is -2.21. The van der Waals surface area contributed by atoms with Crippen molar-refractivity contribution in [1.82, 2.24) is 0 Å². The molecule has 6 nitrogen and oxygen atoms in total. The number of methoxy groups -OCH3 is 1. The van der Waals surface area contributed by atoms with E-state index in [4.69, 9.17) is 18.6 Å². The highest BCUT2D eigenvalue weighted by atomic mass is 28.4. The van der Waals surface area contributed by atoms with E-state index in [1.165, 1.54) is 0 Å². The van der Waals surface area contributed by atoms with Crippen molar-refractivity contribution in [2.75, 3.05) is 13.7 Å². The Kier molecular flexibility index (Phi) is 9.43. The summed E-state index contributed by atoms with van der Waals surface area (Å²) in [6.45, 7) is 26.6. The van der Waals surface area contributed by atoms with Crippen molar-refractivity contribution in [3.8, 4) is 5.75 Å². The lowest BCUT2D eigenvalue weighted by molar-refractivity contribution is -0.280. The van der Waals surface area contributed by atoms with Crippen LogP contribution in [0.2, 0.25) is 18.1 Å². The summed E-state index contributed by atoms with van der Waals surface area (Å²) < 4.78 is 25.2. The summed E-state index contributed by atoms with van der Waals surface area (Å²) in [5.74, 6) is 0.976. The van der Waals surface area contributed by atoms with Gasteiger partial charge in [0, 0.05) is 11.8 Å². The Labute approximate surface area is 261 Å². The van der Waals surface area contributed by atoms with E-state index in [-0.39, 0.29) is 11.0 Å². The molecule has 1 aliphatic heterocycles. The van der Waals surface area contributed by atoms with E-state index in [1.54, 1.807) is 7.11 Å². The van der Waals surface area contributed by atoms with Crippen molar-refractivity contribution in [3.05, 3.63) is 64.3 Å². The quantitative estimate of drug-likeness (QED) is 0.142. The molecule has 0 saturated carbocycles. The Morgan fingerprint density at radius 3 is 2.33 bits per heavy atom. The van der Waals surface area contributed by atoms with Crippen LogP contribution in [0.5, 0.6) is 5.75 Å². The van der Waals surface area contributed by atoms with Gasteiger partial charge < -0.3 is 28.8 Å². The molecule has 240 valence electrons. The molecule has 0 spiro atoms. The fraction of sp³-hybridized carbons (Fsp3) is 0.667. The predicted octanol–water partition coefficient (Wildman–Crippen LogP) is 7.86. The van der Waals surface area contributed by atoms with Crippen molar-refractivity contribution >= 4 is 8.32 Å². The zero-order valence-corrected chi connectivity index (χ0v) is 29.5. The van der Waals surface area contributed by atoms with Gasteiger partial charge in [-0.15, -0.1) is 6.58 Å². The summed E-state index contributed by atoms with van der Waals surface area (Å²) in [6, 6.07) is 7.86. The molecular formula is C36H56O6Si. The summed E-state index contributed by atoms with van der Waals surface area (Å²) in [6.07, 6.45) is 0.938. The highest BCUT2D eigenvalue weighted by Crippen LogP contribution is 2.70. The molecular weight excluding hydrogens is 556 g/mol. The smallest absolute Gasteiger partial charge is 0.195 e. The lowest BCUT2D eigenvalue weighted by atomic mass is 9.59. The van der Waals surface area contributed by atoms with Crippen molar-refractivity contribution in [3.63, 3.8) is 0 Å². The van der Waals surface area contributed by atoms with Gasteiger partial charge in [-0.2, -0.15) is 0 Å². The first-order chi connectivity index (χ1) is 19.8. The third-order valence-corrected chi connectivity index (χ3v) is 15.4. The van der Waals surface area contributed by atoms with Crippen LogP contribution in [0.1, 0.15) is 86.6 Å². The summed E-state index contributed by atoms with van der Waals surface area (Å²) in [7, 11) is -0.555. The van der Waals surface area contributed by atoms with Crippen molar-refractivity contribution in [2.24, 2.45) is 11.3 Å². The topological polar surface area (TPSA) is 77.4 Å². The Morgan fingerprint density at radius 1 is 1.16 bits per heavy atom. The second-order valence-electron chi connectivity index (χ2n) is 15.2. The van der Waals surface area contributed by atoms with Crippen LogP contribution in [0, 0.1) is 11.3 Å². The van der Waals surface area contributed by atoms with Crippen LogP contribution >= 0.6 is 0 Å². The van der Waals surface area contributed by atoms with Gasteiger partial charge in [-0.25, -0.2) is 0 Å². The molecule has 43 heavy (non-hydrogen) atoms. The SMILES string of the molecule is C=C(C)CC[C@@]1(O)C(CCOCc2ccc(OC)cc2)=C2C(C)=C(C(C)C)[C@H]3O[C@H](O[Si](C)(C)C(C)(C)C)C[C@]1(C)[C@@]23O. The number of hydrogen-bond acceptors (Lipinski definition) is 6. The van der Waals surface area contributed by atoms with Gasteiger partial charge in [0.25, 0.3) is 0 Å². The molecule has 3 aliphatic rings. The molecule has 1 heterocycles. The van der Waals surface area contributed by atoms with E-state index in [0.717, 1.165) is 39.2 Å². The summed E-state index contributed by atoms with van der Waals surface area (Å²) in [5, 5.41) is 26.0. The minimum Gasteiger partial charge on any atom is -0.497 e. The number of hydrogen-bond donors (Lipinski definition) is 2. The average molecular weight is 613 g/mol. The highest BCUT2D eigenvalue weighted by Gasteiger charge is 2.76. The first-order valence-electron chi connectivity index (χ1n) is 15.9. The van der Waals surface area contributed by atoms with E-state index in [2.05, 4.69) is 68.1 Å². The monoisotopic (exact) mass is 612 g/mol. The minimum absolute atomic E-state index is 0.00491. The van der Waals surface area contributed by atoms with E-state index in [9.17, 15) is 10.2 Å². The largest absolute Gasteiger partial charge is 0.497 e. The van der Waals surface area contributed by atoms with Gasteiger partial charge in [0.1, 0.15) is 23.7 Å². The molecule has 0 radical (unpaired) electrons. The molecule has 0 unspecified atom stereocenters. The fourth-order valence-electron chi connectivity index (χ4n) is 7.44. The van der Waals surface area contributed by atoms with Crippen molar-refractivity contribution < 1.29 is 28.8 Å². The molecule has 1 saturated heterocycles. The van der Waals surface area contributed by atoms with Crippen LogP contribution in [-0.2, 0) is 20.5 Å². The van der Waals surface area contributed by atoms with Crippen LogP contribution in [0.4, 0.5) is 0 Å². The average Bonchev–Trinajstić information content (AvgIpc) is 3.22. The molecule has 1 fully saturated rings. The van der Waals surface area contributed by atoms with Gasteiger partial charge in [0.15, 0.2) is 8.32 Å². The Bertz CT molecular complexity index is 1270. The van der Waals surface area contributed by atoms with Gasteiger partial charge in [-0.3, -0.25) is 0 Å². The van der Waals surface area contributed by atoms with Crippen LogP contribution < -0.4 is 4.74 Å². The second kappa shape index (κ2) is 11.9. The van der Waals surface area contributed by atoms with E-state index in [0.29, 0.717) is 38.9 Å². The molecule has 0 aromatic heterocycles. The Hall–Kier alpha value is -1.74. The molecule has 4 rings (SSSR count). The van der Waals surface area contributed by atoms with E-state index >= 15 is 0 Å². The first kappa shape index (κ1) is 34.1. The van der Waals surface area contributed by atoms with Crippen LogP contribution in [-0.4, -0.2) is 55.8 Å². The van der Waals surface area contributed by atoms with Crippen LogP contribution in [0.15, 0.2) is 58.7 Å². The molecule has 2 aliphatic carbocycles. The number of ether oxygens (including phenoxy) is 3. The van der Waals surface area contributed by atoms with Gasteiger partial charge in [0.05, 0.1) is 25.9 Å².